The van der Waals surface area contributed by atoms with Gasteiger partial charge >= 0.3 is 0 Å². The third-order valence-electron chi connectivity index (χ3n) is 5.68. The van der Waals surface area contributed by atoms with Gasteiger partial charge in [0.2, 0.25) is 15.9 Å². The molecule has 1 amide bonds. The van der Waals surface area contributed by atoms with Gasteiger partial charge in [-0.15, -0.1) is 0 Å². The zero-order chi connectivity index (χ0) is 16.2. The van der Waals surface area contributed by atoms with Crippen LogP contribution in [0.5, 0.6) is 0 Å². The van der Waals surface area contributed by atoms with Crippen molar-refractivity contribution in [2.75, 3.05) is 11.4 Å². The highest BCUT2D eigenvalue weighted by Gasteiger charge is 2.41. The van der Waals surface area contributed by atoms with E-state index in [1.165, 1.54) is 19.8 Å². The Morgan fingerprint density at radius 3 is 2.74 bits per heavy atom. The fourth-order valence-corrected chi connectivity index (χ4v) is 5.90. The van der Waals surface area contributed by atoms with Gasteiger partial charge in [-0.1, -0.05) is 6.42 Å². The standard InChI is InChI=1S/C17H22N2O3S/c1-11(20)19-7-6-14-10-15(4-5-17(14)19)23(21,22)18-16-9-12-2-3-13(16)8-12/h4-5,10,12-13,16,18H,2-3,6-9H2,1H3/t12-,13-,16+/m0/s1. The maximum absolute atomic E-state index is 12.7. The molecular formula is C17H22N2O3S. The van der Waals surface area contributed by atoms with Crippen LogP contribution in [0.1, 0.15) is 38.2 Å². The predicted molar refractivity (Wildman–Crippen MR) is 87.7 cm³/mol. The minimum Gasteiger partial charge on any atom is -0.312 e. The molecule has 2 aliphatic carbocycles. The second-order valence-electron chi connectivity index (χ2n) is 7.11. The molecule has 0 radical (unpaired) electrons. The predicted octanol–water partition coefficient (Wildman–Crippen LogP) is 2.06. The number of amides is 1. The lowest BCUT2D eigenvalue weighted by Gasteiger charge is -2.23. The van der Waals surface area contributed by atoms with Crippen molar-refractivity contribution in [1.29, 1.82) is 0 Å². The third-order valence-corrected chi connectivity index (χ3v) is 7.17. The van der Waals surface area contributed by atoms with Crippen molar-refractivity contribution in [2.24, 2.45) is 11.8 Å². The molecule has 23 heavy (non-hydrogen) atoms. The van der Waals surface area contributed by atoms with Crippen LogP contribution in [0.3, 0.4) is 0 Å². The topological polar surface area (TPSA) is 66.5 Å². The summed E-state index contributed by atoms with van der Waals surface area (Å²) in [4.78, 5) is 13.6. The van der Waals surface area contributed by atoms with Crippen LogP contribution in [0, 0.1) is 11.8 Å². The highest BCUT2D eigenvalue weighted by molar-refractivity contribution is 7.89. The molecule has 3 atom stereocenters. The molecule has 5 nitrogen and oxygen atoms in total. The Kier molecular flexibility index (Phi) is 3.50. The minimum absolute atomic E-state index is 0.000497. The number of benzene rings is 1. The number of fused-ring (bicyclic) bond motifs is 3. The molecule has 2 saturated carbocycles. The number of sulfonamides is 1. The lowest BCUT2D eigenvalue weighted by atomic mass is 9.96. The minimum atomic E-state index is -3.48. The van der Waals surface area contributed by atoms with E-state index < -0.39 is 10.0 Å². The highest BCUT2D eigenvalue weighted by Crippen LogP contribution is 2.45. The molecule has 2 bridgehead atoms. The summed E-state index contributed by atoms with van der Waals surface area (Å²) in [6.07, 6.45) is 5.27. The van der Waals surface area contributed by atoms with E-state index in [-0.39, 0.29) is 11.9 Å². The molecule has 1 N–H and O–H groups in total. The fourth-order valence-electron chi connectivity index (χ4n) is 4.53. The first kappa shape index (κ1) is 15.1. The van der Waals surface area contributed by atoms with Gasteiger partial charge in [0.25, 0.3) is 0 Å². The fraction of sp³-hybridized carbons (Fsp3) is 0.588. The second-order valence-corrected chi connectivity index (χ2v) is 8.83. The Hall–Kier alpha value is -1.40. The van der Waals surface area contributed by atoms with Crippen molar-refractivity contribution in [3.05, 3.63) is 23.8 Å². The van der Waals surface area contributed by atoms with Crippen LogP contribution in [-0.4, -0.2) is 26.9 Å². The van der Waals surface area contributed by atoms with Gasteiger partial charge in [0.15, 0.2) is 0 Å². The SMILES string of the molecule is CC(=O)N1CCc2cc(S(=O)(=O)N[C@@H]3C[C@H]4CC[C@H]3C4)ccc21. The molecule has 0 aromatic heterocycles. The van der Waals surface area contributed by atoms with Crippen molar-refractivity contribution in [3.8, 4) is 0 Å². The molecule has 1 aromatic rings. The van der Waals surface area contributed by atoms with E-state index in [2.05, 4.69) is 4.72 Å². The maximum atomic E-state index is 12.7. The number of anilines is 1. The monoisotopic (exact) mass is 334 g/mol. The van der Waals surface area contributed by atoms with Gasteiger partial charge < -0.3 is 4.90 Å². The van der Waals surface area contributed by atoms with Crippen LogP contribution in [-0.2, 0) is 21.2 Å². The van der Waals surface area contributed by atoms with Gasteiger partial charge in [0, 0.05) is 25.2 Å². The summed E-state index contributed by atoms with van der Waals surface area (Å²) in [5, 5.41) is 0. The number of carbonyl (C=O) groups is 1. The number of rotatable bonds is 3. The van der Waals surface area contributed by atoms with Crippen molar-refractivity contribution >= 4 is 21.6 Å². The van der Waals surface area contributed by atoms with E-state index in [0.29, 0.717) is 29.7 Å². The first-order chi connectivity index (χ1) is 10.9. The Morgan fingerprint density at radius 1 is 1.26 bits per heavy atom. The van der Waals surface area contributed by atoms with Crippen molar-refractivity contribution < 1.29 is 13.2 Å². The van der Waals surface area contributed by atoms with Crippen LogP contribution in [0.2, 0.25) is 0 Å². The molecule has 6 heteroatoms. The van der Waals surface area contributed by atoms with Gasteiger partial charge in [-0.25, -0.2) is 13.1 Å². The molecule has 4 rings (SSSR count). The number of nitrogens with zero attached hydrogens (tertiary/aromatic N) is 1. The summed E-state index contributed by atoms with van der Waals surface area (Å²) >= 11 is 0. The van der Waals surface area contributed by atoms with E-state index in [9.17, 15) is 13.2 Å². The van der Waals surface area contributed by atoms with Gasteiger partial charge in [0.05, 0.1) is 4.90 Å². The lowest BCUT2D eigenvalue weighted by Crippen LogP contribution is -2.38. The molecule has 3 aliphatic rings. The van der Waals surface area contributed by atoms with E-state index in [4.69, 9.17) is 0 Å². The van der Waals surface area contributed by atoms with E-state index >= 15 is 0 Å². The molecule has 1 heterocycles. The summed E-state index contributed by atoms with van der Waals surface area (Å²) in [5.41, 5.74) is 1.78. The number of hydrogen-bond donors (Lipinski definition) is 1. The number of hydrogen-bond acceptors (Lipinski definition) is 3. The van der Waals surface area contributed by atoms with Crippen molar-refractivity contribution in [3.63, 3.8) is 0 Å². The first-order valence-corrected chi connectivity index (χ1v) is 9.86. The molecule has 2 fully saturated rings. The molecule has 124 valence electrons. The summed E-state index contributed by atoms with van der Waals surface area (Å²) in [6, 6.07) is 5.21. The molecule has 0 unspecified atom stereocenters. The van der Waals surface area contributed by atoms with Gasteiger partial charge in [-0.2, -0.15) is 0 Å². The van der Waals surface area contributed by atoms with Crippen LogP contribution in [0.4, 0.5) is 5.69 Å². The summed E-state index contributed by atoms with van der Waals surface area (Å²) in [6.45, 7) is 2.17. The Morgan fingerprint density at radius 2 is 2.09 bits per heavy atom. The first-order valence-electron chi connectivity index (χ1n) is 8.37. The molecule has 0 spiro atoms. The maximum Gasteiger partial charge on any atom is 0.240 e. The average molecular weight is 334 g/mol. The van der Waals surface area contributed by atoms with Crippen molar-refractivity contribution in [1.82, 2.24) is 4.72 Å². The number of nitrogens with one attached hydrogen (secondary N) is 1. The summed E-state index contributed by atoms with van der Waals surface area (Å²) in [5.74, 6) is 1.22. The van der Waals surface area contributed by atoms with Gasteiger partial charge in [-0.3, -0.25) is 4.79 Å². The molecular weight excluding hydrogens is 312 g/mol. The van der Waals surface area contributed by atoms with Gasteiger partial charge in [-0.05, 0) is 61.3 Å². The van der Waals surface area contributed by atoms with E-state index in [1.54, 1.807) is 23.1 Å². The van der Waals surface area contributed by atoms with Crippen LogP contribution in [0.25, 0.3) is 0 Å². The Bertz CT molecular complexity index is 759. The molecule has 1 aliphatic heterocycles. The Labute approximate surface area is 137 Å². The van der Waals surface area contributed by atoms with Crippen LogP contribution < -0.4 is 9.62 Å². The molecule has 1 aromatic carbocycles. The largest absolute Gasteiger partial charge is 0.312 e. The second kappa shape index (κ2) is 5.31. The van der Waals surface area contributed by atoms with Crippen LogP contribution >= 0.6 is 0 Å². The normalized spacial score (nSPS) is 29.1. The zero-order valence-electron chi connectivity index (χ0n) is 13.3. The smallest absolute Gasteiger partial charge is 0.240 e. The summed E-state index contributed by atoms with van der Waals surface area (Å²) < 4.78 is 28.3. The lowest BCUT2D eigenvalue weighted by molar-refractivity contribution is -0.116. The molecule has 0 saturated heterocycles. The summed E-state index contributed by atoms with van der Waals surface area (Å²) in [7, 11) is -3.48. The number of carbonyl (C=O) groups excluding carboxylic acids is 1. The van der Waals surface area contributed by atoms with E-state index in [0.717, 1.165) is 24.1 Å². The quantitative estimate of drug-likeness (QED) is 0.920. The Balaban J connectivity index is 1.57. The van der Waals surface area contributed by atoms with Crippen LogP contribution in [0.15, 0.2) is 23.1 Å². The highest BCUT2D eigenvalue weighted by atomic mass is 32.2. The zero-order valence-corrected chi connectivity index (χ0v) is 14.1. The van der Waals surface area contributed by atoms with Gasteiger partial charge in [0.1, 0.15) is 0 Å². The van der Waals surface area contributed by atoms with E-state index in [1.807, 2.05) is 0 Å². The average Bonchev–Trinajstić information content (AvgIpc) is 3.20. The third kappa shape index (κ3) is 2.58. The van der Waals surface area contributed by atoms with Crippen molar-refractivity contribution in [2.45, 2.75) is 50.0 Å².